The summed E-state index contributed by atoms with van der Waals surface area (Å²) < 4.78 is 0. The van der Waals surface area contributed by atoms with Crippen molar-refractivity contribution < 1.29 is 0 Å². The molecule has 4 nitrogen and oxygen atoms in total. The molecular weight excluding hydrogens is 220 g/mol. The predicted molar refractivity (Wildman–Crippen MR) is 68.5 cm³/mol. The van der Waals surface area contributed by atoms with Crippen molar-refractivity contribution in [2.45, 2.75) is 19.3 Å². The lowest BCUT2D eigenvalue weighted by Crippen LogP contribution is -2.30. The predicted octanol–water partition coefficient (Wildman–Crippen LogP) is 1.22. The third kappa shape index (κ3) is 2.36. The minimum Gasteiger partial charge on any atom is -0.364 e. The largest absolute Gasteiger partial charge is 0.364 e. The van der Waals surface area contributed by atoms with Gasteiger partial charge in [-0.15, -0.1) is 0 Å². The van der Waals surface area contributed by atoms with Gasteiger partial charge < -0.3 is 5.32 Å². The highest BCUT2D eigenvalue weighted by Gasteiger charge is 2.16. The van der Waals surface area contributed by atoms with Crippen molar-refractivity contribution in [1.82, 2.24) is 15.7 Å². The Labute approximate surface area is 100 Å². The molecule has 1 aromatic heterocycles. The highest BCUT2D eigenvalue weighted by molar-refractivity contribution is 7.80. The minimum absolute atomic E-state index is 0.524. The van der Waals surface area contributed by atoms with E-state index < -0.39 is 0 Å². The lowest BCUT2D eigenvalue weighted by molar-refractivity contribution is 0.814. The van der Waals surface area contributed by atoms with Crippen LogP contribution in [0.1, 0.15) is 24.1 Å². The summed E-state index contributed by atoms with van der Waals surface area (Å²) >= 11 is 4.97. The Bertz CT molecular complexity index is 428. The number of aryl methyl sites for hydroxylation is 1. The minimum atomic E-state index is 0.524. The van der Waals surface area contributed by atoms with E-state index in [1.54, 1.807) is 13.2 Å². The van der Waals surface area contributed by atoms with Crippen molar-refractivity contribution in [2.75, 3.05) is 7.05 Å². The van der Waals surface area contributed by atoms with E-state index in [2.05, 4.69) is 26.9 Å². The van der Waals surface area contributed by atoms with Gasteiger partial charge >= 0.3 is 0 Å². The molecule has 1 aliphatic rings. The molecule has 2 rings (SSSR count). The Morgan fingerprint density at radius 3 is 3.19 bits per heavy atom. The van der Waals surface area contributed by atoms with Gasteiger partial charge in [0.25, 0.3) is 0 Å². The standard InChI is InChI=1S/C11H14N4S/c1-12-11(16)15-14-9-6-2-4-8-5-3-7-13-10(8)9/h3,5,7H,2,4,6H2,1H3,(H2,12,15,16)/b14-9-. The highest BCUT2D eigenvalue weighted by atomic mass is 32.1. The second-order valence-corrected chi connectivity index (χ2v) is 4.02. The average molecular weight is 234 g/mol. The summed E-state index contributed by atoms with van der Waals surface area (Å²) in [5.41, 5.74) is 6.07. The number of hydrogen-bond acceptors (Lipinski definition) is 3. The topological polar surface area (TPSA) is 49.3 Å². The molecule has 0 fully saturated rings. The lowest BCUT2D eigenvalue weighted by atomic mass is 9.95. The fraction of sp³-hybridized carbons (Fsp3) is 0.364. The maximum absolute atomic E-state index is 4.97. The summed E-state index contributed by atoms with van der Waals surface area (Å²) in [4.78, 5) is 4.37. The second-order valence-electron chi connectivity index (χ2n) is 3.61. The molecule has 1 aromatic rings. The SMILES string of the molecule is CNC(=S)N/N=C1/CCCc2cccnc21. The first-order chi connectivity index (χ1) is 7.81. The summed E-state index contributed by atoms with van der Waals surface area (Å²) in [5.74, 6) is 0. The number of hydrazone groups is 1. The van der Waals surface area contributed by atoms with E-state index in [1.807, 2.05) is 6.07 Å². The zero-order valence-electron chi connectivity index (χ0n) is 9.16. The molecule has 0 amide bonds. The summed E-state index contributed by atoms with van der Waals surface area (Å²) in [6.45, 7) is 0. The third-order valence-corrected chi connectivity index (χ3v) is 2.84. The monoisotopic (exact) mass is 234 g/mol. The molecular formula is C11H14N4S. The van der Waals surface area contributed by atoms with Gasteiger partial charge in [-0.3, -0.25) is 10.4 Å². The van der Waals surface area contributed by atoms with Crippen molar-refractivity contribution in [3.05, 3.63) is 29.6 Å². The zero-order chi connectivity index (χ0) is 11.4. The number of pyridine rings is 1. The van der Waals surface area contributed by atoms with E-state index in [4.69, 9.17) is 12.2 Å². The molecule has 0 radical (unpaired) electrons. The molecule has 0 saturated heterocycles. The number of nitrogens with zero attached hydrogens (tertiary/aromatic N) is 2. The Balaban J connectivity index is 2.21. The number of thiocarbonyl (C=S) groups is 1. The number of hydrogen-bond donors (Lipinski definition) is 2. The van der Waals surface area contributed by atoms with E-state index in [0.29, 0.717) is 5.11 Å². The van der Waals surface area contributed by atoms with Crippen molar-refractivity contribution in [2.24, 2.45) is 5.10 Å². The van der Waals surface area contributed by atoms with Crippen LogP contribution in [0.3, 0.4) is 0 Å². The second kappa shape index (κ2) is 5.03. The van der Waals surface area contributed by atoms with Crippen LogP contribution in [0, 0.1) is 0 Å². The van der Waals surface area contributed by atoms with Crippen LogP contribution in [0.2, 0.25) is 0 Å². The van der Waals surface area contributed by atoms with Crippen molar-refractivity contribution in [3.63, 3.8) is 0 Å². The van der Waals surface area contributed by atoms with Gasteiger partial charge in [0.05, 0.1) is 11.4 Å². The van der Waals surface area contributed by atoms with Crippen molar-refractivity contribution >= 4 is 23.0 Å². The van der Waals surface area contributed by atoms with Gasteiger partial charge in [-0.25, -0.2) is 0 Å². The van der Waals surface area contributed by atoms with E-state index in [1.165, 1.54) is 5.56 Å². The Morgan fingerprint density at radius 1 is 1.50 bits per heavy atom. The van der Waals surface area contributed by atoms with E-state index in [-0.39, 0.29) is 0 Å². The van der Waals surface area contributed by atoms with Crippen LogP contribution in [-0.2, 0) is 6.42 Å². The summed E-state index contributed by atoms with van der Waals surface area (Å²) in [7, 11) is 1.77. The number of nitrogens with one attached hydrogen (secondary N) is 2. The number of aromatic nitrogens is 1. The Kier molecular flexibility index (Phi) is 3.46. The zero-order valence-corrected chi connectivity index (χ0v) is 9.97. The number of fused-ring (bicyclic) bond motifs is 1. The molecule has 0 unspecified atom stereocenters. The Morgan fingerprint density at radius 2 is 2.38 bits per heavy atom. The molecule has 2 N–H and O–H groups in total. The maximum Gasteiger partial charge on any atom is 0.186 e. The molecule has 0 saturated carbocycles. The van der Waals surface area contributed by atoms with Crippen LogP contribution < -0.4 is 10.7 Å². The molecule has 0 atom stereocenters. The smallest absolute Gasteiger partial charge is 0.186 e. The summed E-state index contributed by atoms with van der Waals surface area (Å²) in [6, 6.07) is 4.07. The average Bonchev–Trinajstić information content (AvgIpc) is 2.35. The molecule has 1 heterocycles. The van der Waals surface area contributed by atoms with Gasteiger partial charge in [0.1, 0.15) is 0 Å². The Hall–Kier alpha value is -1.49. The summed E-state index contributed by atoms with van der Waals surface area (Å²) in [6.07, 6.45) is 4.95. The van der Waals surface area contributed by atoms with Crippen molar-refractivity contribution in [1.29, 1.82) is 0 Å². The van der Waals surface area contributed by atoms with Gasteiger partial charge in [0.2, 0.25) is 0 Å². The summed E-state index contributed by atoms with van der Waals surface area (Å²) in [5, 5.41) is 7.64. The lowest BCUT2D eigenvalue weighted by Gasteiger charge is -2.16. The first kappa shape index (κ1) is 11.0. The molecule has 0 spiro atoms. The first-order valence-corrected chi connectivity index (χ1v) is 5.70. The van der Waals surface area contributed by atoms with E-state index in [9.17, 15) is 0 Å². The molecule has 84 valence electrons. The van der Waals surface area contributed by atoms with Gasteiger partial charge in [-0.2, -0.15) is 5.10 Å². The number of rotatable bonds is 1. The van der Waals surface area contributed by atoms with Gasteiger partial charge in [0.15, 0.2) is 5.11 Å². The van der Waals surface area contributed by atoms with Crippen LogP contribution in [0.15, 0.2) is 23.4 Å². The fourth-order valence-electron chi connectivity index (χ4n) is 1.75. The molecule has 0 bridgehead atoms. The molecule has 1 aliphatic carbocycles. The highest BCUT2D eigenvalue weighted by Crippen LogP contribution is 2.18. The quantitative estimate of drug-likeness (QED) is 0.566. The normalized spacial score (nSPS) is 16.7. The molecule has 0 aromatic carbocycles. The fourth-order valence-corrected chi connectivity index (χ4v) is 1.79. The van der Waals surface area contributed by atoms with Crippen LogP contribution in [0.25, 0.3) is 0 Å². The van der Waals surface area contributed by atoms with Crippen LogP contribution in [-0.4, -0.2) is 22.9 Å². The van der Waals surface area contributed by atoms with Gasteiger partial charge in [-0.1, -0.05) is 6.07 Å². The van der Waals surface area contributed by atoms with Crippen LogP contribution >= 0.6 is 12.2 Å². The van der Waals surface area contributed by atoms with Gasteiger partial charge in [-0.05, 0) is 43.1 Å². The maximum atomic E-state index is 4.97. The van der Waals surface area contributed by atoms with Gasteiger partial charge in [0, 0.05) is 13.2 Å². The van der Waals surface area contributed by atoms with Crippen molar-refractivity contribution in [3.8, 4) is 0 Å². The first-order valence-electron chi connectivity index (χ1n) is 5.30. The molecule has 0 aliphatic heterocycles. The van der Waals surface area contributed by atoms with E-state index >= 15 is 0 Å². The van der Waals surface area contributed by atoms with Crippen LogP contribution in [0.4, 0.5) is 0 Å². The van der Waals surface area contributed by atoms with Crippen LogP contribution in [0.5, 0.6) is 0 Å². The van der Waals surface area contributed by atoms with E-state index in [0.717, 1.165) is 30.7 Å². The third-order valence-electron chi connectivity index (χ3n) is 2.54. The molecule has 16 heavy (non-hydrogen) atoms. The molecule has 5 heteroatoms.